The number of aryl methyl sites for hydroxylation is 2. The molecule has 0 aromatic heterocycles. The highest BCUT2D eigenvalue weighted by molar-refractivity contribution is 8.00. The third-order valence-corrected chi connectivity index (χ3v) is 5.67. The Labute approximate surface area is 182 Å². The minimum atomic E-state index is -0.106. The van der Waals surface area contributed by atoms with Crippen molar-refractivity contribution in [1.29, 1.82) is 0 Å². The molecule has 0 bridgehead atoms. The van der Waals surface area contributed by atoms with E-state index in [4.69, 9.17) is 0 Å². The summed E-state index contributed by atoms with van der Waals surface area (Å²) in [5, 5.41) is 5.87. The zero-order chi connectivity index (χ0) is 21.2. The maximum atomic E-state index is 12.6. The van der Waals surface area contributed by atoms with Crippen molar-refractivity contribution in [3.05, 3.63) is 95.6 Å². The molecule has 0 saturated carbocycles. The summed E-state index contributed by atoms with van der Waals surface area (Å²) in [5.74, 6) is 0.0404. The lowest BCUT2D eigenvalue weighted by Gasteiger charge is -2.10. The molecule has 2 N–H and O–H groups in total. The second kappa shape index (κ2) is 11.2. The molecule has 154 valence electrons. The average Bonchev–Trinajstić information content (AvgIpc) is 2.77. The number of anilines is 1. The fourth-order valence-electron chi connectivity index (χ4n) is 2.99. The first-order valence-corrected chi connectivity index (χ1v) is 11.0. The number of benzene rings is 3. The summed E-state index contributed by atoms with van der Waals surface area (Å²) in [7, 11) is 0. The van der Waals surface area contributed by atoms with Crippen LogP contribution in [0.3, 0.4) is 0 Å². The smallest absolute Gasteiger partial charge is 0.252 e. The molecule has 0 saturated heterocycles. The summed E-state index contributed by atoms with van der Waals surface area (Å²) >= 11 is 1.37. The van der Waals surface area contributed by atoms with Crippen molar-refractivity contribution in [2.45, 2.75) is 24.7 Å². The van der Waals surface area contributed by atoms with Crippen molar-refractivity contribution in [3.8, 4) is 0 Å². The zero-order valence-electron chi connectivity index (χ0n) is 17.1. The van der Waals surface area contributed by atoms with Crippen molar-refractivity contribution in [2.75, 3.05) is 17.6 Å². The standard InChI is InChI=1S/C25H26N2O2S/c1-19-13-15-21(16-14-19)27-24(28)18-30-23-12-6-5-11-22(23)25(29)26-17-7-10-20-8-3-2-4-9-20/h2-6,8-9,11-16H,7,10,17-18H2,1H3,(H,26,29)(H,27,28). The van der Waals surface area contributed by atoms with Crippen LogP contribution in [0.5, 0.6) is 0 Å². The molecule has 3 rings (SSSR count). The molecule has 3 aromatic rings. The lowest BCUT2D eigenvalue weighted by Crippen LogP contribution is -2.25. The number of rotatable bonds is 9. The topological polar surface area (TPSA) is 58.2 Å². The maximum Gasteiger partial charge on any atom is 0.252 e. The van der Waals surface area contributed by atoms with Gasteiger partial charge in [0.05, 0.1) is 11.3 Å². The van der Waals surface area contributed by atoms with Crippen LogP contribution in [0.25, 0.3) is 0 Å². The lowest BCUT2D eigenvalue weighted by atomic mass is 10.1. The van der Waals surface area contributed by atoms with Gasteiger partial charge in [0.1, 0.15) is 0 Å². The molecule has 0 atom stereocenters. The highest BCUT2D eigenvalue weighted by atomic mass is 32.2. The number of carbonyl (C=O) groups excluding carboxylic acids is 2. The van der Waals surface area contributed by atoms with Crippen LogP contribution < -0.4 is 10.6 Å². The number of hydrogen-bond donors (Lipinski definition) is 2. The van der Waals surface area contributed by atoms with E-state index in [0.717, 1.165) is 29.0 Å². The van der Waals surface area contributed by atoms with Gasteiger partial charge in [0.15, 0.2) is 0 Å². The first-order valence-electron chi connectivity index (χ1n) is 10.0. The van der Waals surface area contributed by atoms with E-state index in [1.807, 2.05) is 67.6 Å². The normalized spacial score (nSPS) is 10.4. The van der Waals surface area contributed by atoms with E-state index in [1.165, 1.54) is 17.3 Å². The van der Waals surface area contributed by atoms with Crippen LogP contribution >= 0.6 is 11.8 Å². The molecule has 5 heteroatoms. The molecule has 0 aliphatic heterocycles. The summed E-state index contributed by atoms with van der Waals surface area (Å²) < 4.78 is 0. The predicted molar refractivity (Wildman–Crippen MR) is 124 cm³/mol. The summed E-state index contributed by atoms with van der Waals surface area (Å²) in [5.41, 5.74) is 3.79. The van der Waals surface area contributed by atoms with Crippen molar-refractivity contribution in [2.24, 2.45) is 0 Å². The maximum absolute atomic E-state index is 12.6. The van der Waals surface area contributed by atoms with Crippen LogP contribution in [0, 0.1) is 6.92 Å². The molecule has 0 radical (unpaired) electrons. The van der Waals surface area contributed by atoms with E-state index in [0.29, 0.717) is 12.1 Å². The first-order chi connectivity index (χ1) is 14.6. The molecular weight excluding hydrogens is 392 g/mol. The quantitative estimate of drug-likeness (QED) is 0.376. The van der Waals surface area contributed by atoms with E-state index in [1.54, 1.807) is 6.07 Å². The summed E-state index contributed by atoms with van der Waals surface area (Å²) in [6.07, 6.45) is 1.81. The van der Waals surface area contributed by atoms with Crippen molar-refractivity contribution < 1.29 is 9.59 Å². The second-order valence-electron chi connectivity index (χ2n) is 7.04. The Kier molecular flexibility index (Phi) is 8.10. The lowest BCUT2D eigenvalue weighted by molar-refractivity contribution is -0.113. The monoisotopic (exact) mass is 418 g/mol. The third-order valence-electron chi connectivity index (χ3n) is 4.60. The number of amides is 2. The molecule has 0 heterocycles. The van der Waals surface area contributed by atoms with Gasteiger partial charge in [-0.05, 0) is 49.6 Å². The summed E-state index contributed by atoms with van der Waals surface area (Å²) in [6, 6.07) is 25.3. The van der Waals surface area contributed by atoms with E-state index in [2.05, 4.69) is 22.8 Å². The Bertz CT molecular complexity index is 972. The van der Waals surface area contributed by atoms with Gasteiger partial charge in [-0.3, -0.25) is 9.59 Å². The van der Waals surface area contributed by atoms with Crippen molar-refractivity contribution in [3.63, 3.8) is 0 Å². The van der Waals surface area contributed by atoms with Gasteiger partial charge in [-0.1, -0.05) is 60.2 Å². The number of carbonyl (C=O) groups is 2. The van der Waals surface area contributed by atoms with Gasteiger partial charge in [-0.2, -0.15) is 0 Å². The highest BCUT2D eigenvalue weighted by Crippen LogP contribution is 2.23. The summed E-state index contributed by atoms with van der Waals surface area (Å²) in [6.45, 7) is 2.62. The van der Waals surface area contributed by atoms with Gasteiger partial charge in [0, 0.05) is 17.1 Å². The van der Waals surface area contributed by atoms with Gasteiger partial charge >= 0.3 is 0 Å². The van der Waals surface area contributed by atoms with Crippen LogP contribution in [-0.2, 0) is 11.2 Å². The fraction of sp³-hybridized carbons (Fsp3) is 0.200. The molecule has 0 spiro atoms. The van der Waals surface area contributed by atoms with Crippen molar-refractivity contribution in [1.82, 2.24) is 5.32 Å². The number of hydrogen-bond acceptors (Lipinski definition) is 3. The Morgan fingerprint density at radius 2 is 1.57 bits per heavy atom. The van der Waals surface area contributed by atoms with Gasteiger partial charge in [0.25, 0.3) is 5.91 Å². The first kappa shape index (κ1) is 21.7. The van der Waals surface area contributed by atoms with Gasteiger partial charge in [0.2, 0.25) is 5.91 Å². The van der Waals surface area contributed by atoms with Crippen LogP contribution in [0.15, 0.2) is 83.8 Å². The SMILES string of the molecule is Cc1ccc(NC(=O)CSc2ccccc2C(=O)NCCCc2ccccc2)cc1. The van der Waals surface area contributed by atoms with Crippen LogP contribution in [0.1, 0.15) is 27.9 Å². The Morgan fingerprint density at radius 3 is 2.33 bits per heavy atom. The average molecular weight is 419 g/mol. The molecule has 0 fully saturated rings. The van der Waals surface area contributed by atoms with E-state index >= 15 is 0 Å². The molecule has 4 nitrogen and oxygen atoms in total. The van der Waals surface area contributed by atoms with E-state index in [9.17, 15) is 9.59 Å². The molecule has 0 aliphatic carbocycles. The van der Waals surface area contributed by atoms with Crippen LogP contribution in [0.2, 0.25) is 0 Å². The van der Waals surface area contributed by atoms with Gasteiger partial charge < -0.3 is 10.6 Å². The minimum absolute atomic E-state index is 0.0954. The highest BCUT2D eigenvalue weighted by Gasteiger charge is 2.12. The minimum Gasteiger partial charge on any atom is -0.352 e. The van der Waals surface area contributed by atoms with Crippen molar-refractivity contribution >= 4 is 29.3 Å². The Balaban J connectivity index is 1.48. The Morgan fingerprint density at radius 1 is 0.867 bits per heavy atom. The van der Waals surface area contributed by atoms with E-state index in [-0.39, 0.29) is 17.6 Å². The second-order valence-corrected chi connectivity index (χ2v) is 8.06. The molecule has 0 unspecified atom stereocenters. The number of thioether (sulfide) groups is 1. The van der Waals surface area contributed by atoms with Crippen LogP contribution in [-0.4, -0.2) is 24.1 Å². The van der Waals surface area contributed by atoms with Gasteiger partial charge in [-0.15, -0.1) is 11.8 Å². The molecule has 30 heavy (non-hydrogen) atoms. The van der Waals surface area contributed by atoms with Gasteiger partial charge in [-0.25, -0.2) is 0 Å². The largest absolute Gasteiger partial charge is 0.352 e. The predicted octanol–water partition coefficient (Wildman–Crippen LogP) is 5.09. The third kappa shape index (κ3) is 6.78. The number of nitrogens with one attached hydrogen (secondary N) is 2. The molecular formula is C25H26N2O2S. The molecule has 2 amide bonds. The van der Waals surface area contributed by atoms with Crippen LogP contribution in [0.4, 0.5) is 5.69 Å². The molecule has 3 aromatic carbocycles. The zero-order valence-corrected chi connectivity index (χ0v) is 17.9. The fourth-order valence-corrected chi connectivity index (χ4v) is 3.84. The molecule has 0 aliphatic rings. The summed E-state index contributed by atoms with van der Waals surface area (Å²) in [4.78, 5) is 25.7. The Hall–Kier alpha value is -3.05. The van der Waals surface area contributed by atoms with E-state index < -0.39 is 0 Å².